The molecule has 0 unspecified atom stereocenters. The lowest BCUT2D eigenvalue weighted by Gasteiger charge is -2.42. The third-order valence-corrected chi connectivity index (χ3v) is 6.43. The summed E-state index contributed by atoms with van der Waals surface area (Å²) >= 11 is 0. The third-order valence-electron chi connectivity index (χ3n) is 6.43. The summed E-state index contributed by atoms with van der Waals surface area (Å²) in [7, 11) is 0. The van der Waals surface area contributed by atoms with Crippen molar-refractivity contribution in [1.29, 1.82) is 0 Å². The zero-order valence-electron chi connectivity index (χ0n) is 16.6. The number of piperidine rings is 1. The number of aromatic hydroxyl groups is 1. The molecule has 154 valence electrons. The Labute approximate surface area is 172 Å². The minimum absolute atomic E-state index is 0.0115. The predicted octanol–water partition coefficient (Wildman–Crippen LogP) is 2.16. The van der Waals surface area contributed by atoms with Gasteiger partial charge >= 0.3 is 5.63 Å². The van der Waals surface area contributed by atoms with E-state index in [4.69, 9.17) is 4.42 Å². The molecule has 0 aliphatic carbocycles. The number of hydrogen-bond acceptors (Lipinski definition) is 5. The second-order valence-corrected chi connectivity index (χ2v) is 8.35. The number of carbonyl (C=O) groups is 1. The van der Waals surface area contributed by atoms with Crippen LogP contribution < -0.4 is 11.2 Å². The van der Waals surface area contributed by atoms with E-state index in [-0.39, 0.29) is 35.5 Å². The highest BCUT2D eigenvalue weighted by Crippen LogP contribution is 2.35. The van der Waals surface area contributed by atoms with Crippen LogP contribution in [0, 0.1) is 12.8 Å². The predicted molar refractivity (Wildman–Crippen MR) is 111 cm³/mol. The summed E-state index contributed by atoms with van der Waals surface area (Å²) in [6, 6.07) is 9.95. The lowest BCUT2D eigenvalue weighted by molar-refractivity contribution is -0.133. The summed E-state index contributed by atoms with van der Waals surface area (Å²) in [6.45, 7) is 3.55. The average Bonchev–Trinajstić information content (AvgIpc) is 2.71. The highest BCUT2D eigenvalue weighted by molar-refractivity contribution is 5.85. The number of fused-ring (bicyclic) bond motifs is 5. The molecule has 1 aromatic carbocycles. The molecule has 2 aromatic heterocycles. The average molecular weight is 406 g/mol. The second kappa shape index (κ2) is 6.86. The zero-order chi connectivity index (χ0) is 21.0. The number of rotatable bonds is 2. The van der Waals surface area contributed by atoms with Crippen LogP contribution in [0.25, 0.3) is 11.0 Å². The van der Waals surface area contributed by atoms with Gasteiger partial charge in [0.2, 0.25) is 5.91 Å². The fraction of sp³-hybridized carbons (Fsp3) is 0.348. The fourth-order valence-electron chi connectivity index (χ4n) is 4.95. The molecule has 30 heavy (non-hydrogen) atoms. The number of likely N-dealkylation sites (tertiary alicyclic amines) is 1. The molecule has 2 bridgehead atoms. The van der Waals surface area contributed by atoms with Gasteiger partial charge in [-0.15, -0.1) is 0 Å². The largest absolute Gasteiger partial charge is 0.508 e. The number of phenols is 1. The van der Waals surface area contributed by atoms with E-state index in [0.717, 1.165) is 12.1 Å². The monoisotopic (exact) mass is 406 g/mol. The lowest BCUT2D eigenvalue weighted by Crippen LogP contribution is -2.49. The van der Waals surface area contributed by atoms with Crippen molar-refractivity contribution in [2.24, 2.45) is 5.92 Å². The summed E-state index contributed by atoms with van der Waals surface area (Å²) < 4.78 is 7.18. The molecule has 7 nitrogen and oxygen atoms in total. The zero-order valence-corrected chi connectivity index (χ0v) is 16.6. The quantitative estimate of drug-likeness (QED) is 0.659. The van der Waals surface area contributed by atoms with Crippen molar-refractivity contribution in [1.82, 2.24) is 9.47 Å². The standard InChI is InChI=1S/C23H22N2O5/c1-13-17-6-5-16(26)8-20(17)30-23(29)18(13)9-22(28)24-10-14-7-15(12-24)19-3-2-4-21(27)25(19)11-14/h2-6,8,14-15,26H,7,9-12H2,1H3/t14-,15-/m0/s1. The van der Waals surface area contributed by atoms with E-state index in [9.17, 15) is 19.5 Å². The number of benzene rings is 1. The van der Waals surface area contributed by atoms with Crippen molar-refractivity contribution >= 4 is 16.9 Å². The Kier molecular flexibility index (Phi) is 4.27. The van der Waals surface area contributed by atoms with E-state index in [1.54, 1.807) is 25.1 Å². The van der Waals surface area contributed by atoms with Gasteiger partial charge in [-0.25, -0.2) is 4.79 Å². The first-order valence-electron chi connectivity index (χ1n) is 10.1. The van der Waals surface area contributed by atoms with Gasteiger partial charge in [0, 0.05) is 48.8 Å². The van der Waals surface area contributed by atoms with Gasteiger partial charge in [0.1, 0.15) is 11.3 Å². The smallest absolute Gasteiger partial charge is 0.340 e. The van der Waals surface area contributed by atoms with Gasteiger partial charge in [0.25, 0.3) is 5.56 Å². The van der Waals surface area contributed by atoms with Crippen LogP contribution in [-0.4, -0.2) is 33.6 Å². The number of phenolic OH excluding ortho intramolecular Hbond substituents is 1. The van der Waals surface area contributed by atoms with Crippen LogP contribution in [-0.2, 0) is 17.8 Å². The molecule has 4 heterocycles. The van der Waals surface area contributed by atoms with Crippen LogP contribution in [0.4, 0.5) is 0 Å². The van der Waals surface area contributed by atoms with Crippen LogP contribution in [0.2, 0.25) is 0 Å². The lowest BCUT2D eigenvalue weighted by atomic mass is 9.83. The Morgan fingerprint density at radius 2 is 2.00 bits per heavy atom. The van der Waals surface area contributed by atoms with Gasteiger partial charge in [-0.1, -0.05) is 6.07 Å². The molecule has 7 heteroatoms. The minimum atomic E-state index is -0.548. The SMILES string of the molecule is Cc1c(CC(=O)N2C[C@@H]3C[C@@H](C2)c2cccc(=O)n2C3)c(=O)oc2cc(O)ccc12. The number of amides is 1. The summed E-state index contributed by atoms with van der Waals surface area (Å²) in [5, 5.41) is 10.3. The fourth-order valence-corrected chi connectivity index (χ4v) is 4.95. The first-order valence-corrected chi connectivity index (χ1v) is 10.1. The van der Waals surface area contributed by atoms with Gasteiger partial charge in [-0.2, -0.15) is 0 Å². The summed E-state index contributed by atoms with van der Waals surface area (Å²) in [5.74, 6) is 0.280. The van der Waals surface area contributed by atoms with Crippen molar-refractivity contribution in [3.63, 3.8) is 0 Å². The van der Waals surface area contributed by atoms with E-state index >= 15 is 0 Å². The second-order valence-electron chi connectivity index (χ2n) is 8.35. The molecule has 1 amide bonds. The van der Waals surface area contributed by atoms with E-state index in [0.29, 0.717) is 41.7 Å². The maximum absolute atomic E-state index is 13.1. The number of aromatic nitrogens is 1. The molecule has 0 spiro atoms. The van der Waals surface area contributed by atoms with E-state index in [1.807, 2.05) is 15.5 Å². The van der Waals surface area contributed by atoms with E-state index in [1.165, 1.54) is 12.1 Å². The molecule has 1 fully saturated rings. The topological polar surface area (TPSA) is 92.8 Å². The number of pyridine rings is 1. The Hall–Kier alpha value is -3.35. The van der Waals surface area contributed by atoms with Gasteiger partial charge in [-0.05, 0) is 43.0 Å². The highest BCUT2D eigenvalue weighted by Gasteiger charge is 2.36. The molecule has 5 rings (SSSR count). The molecule has 1 saturated heterocycles. The summed E-state index contributed by atoms with van der Waals surface area (Å²) in [5.41, 5.74) is 1.81. The number of aryl methyl sites for hydroxylation is 1. The van der Waals surface area contributed by atoms with Crippen molar-refractivity contribution in [3.05, 3.63) is 74.0 Å². The van der Waals surface area contributed by atoms with Gasteiger partial charge < -0.3 is 19.0 Å². The Morgan fingerprint density at radius 3 is 2.83 bits per heavy atom. The van der Waals surface area contributed by atoms with Crippen molar-refractivity contribution in [3.8, 4) is 5.75 Å². The van der Waals surface area contributed by atoms with Crippen molar-refractivity contribution in [2.45, 2.75) is 32.2 Å². The molecule has 0 saturated carbocycles. The summed E-state index contributed by atoms with van der Waals surface area (Å²) in [4.78, 5) is 39.6. The first-order chi connectivity index (χ1) is 14.4. The maximum Gasteiger partial charge on any atom is 0.340 e. The molecule has 3 aromatic rings. The molecular weight excluding hydrogens is 384 g/mol. The van der Waals surface area contributed by atoms with Crippen LogP contribution in [0.1, 0.15) is 29.2 Å². The van der Waals surface area contributed by atoms with Crippen LogP contribution >= 0.6 is 0 Å². The Balaban J connectivity index is 1.43. The van der Waals surface area contributed by atoms with E-state index in [2.05, 4.69) is 0 Å². The Morgan fingerprint density at radius 1 is 1.17 bits per heavy atom. The third kappa shape index (κ3) is 3.01. The normalized spacial score (nSPS) is 20.2. The van der Waals surface area contributed by atoms with Crippen molar-refractivity contribution in [2.75, 3.05) is 13.1 Å². The molecular formula is C23H22N2O5. The maximum atomic E-state index is 13.1. The van der Waals surface area contributed by atoms with Gasteiger partial charge in [0.15, 0.2) is 0 Å². The van der Waals surface area contributed by atoms with Crippen molar-refractivity contribution < 1.29 is 14.3 Å². The molecule has 2 aliphatic heterocycles. The van der Waals surface area contributed by atoms with E-state index < -0.39 is 5.63 Å². The van der Waals surface area contributed by atoms with Crippen LogP contribution in [0.15, 0.2) is 50.4 Å². The Bertz CT molecular complexity index is 1290. The number of nitrogens with zero attached hydrogens (tertiary/aromatic N) is 2. The van der Waals surface area contributed by atoms with Gasteiger partial charge in [0.05, 0.1) is 12.0 Å². The van der Waals surface area contributed by atoms with Gasteiger partial charge in [-0.3, -0.25) is 9.59 Å². The molecule has 2 atom stereocenters. The molecule has 2 aliphatic rings. The highest BCUT2D eigenvalue weighted by atomic mass is 16.4. The van der Waals surface area contributed by atoms with Crippen LogP contribution in [0.5, 0.6) is 5.75 Å². The number of carbonyl (C=O) groups excluding carboxylic acids is 1. The summed E-state index contributed by atoms with van der Waals surface area (Å²) in [6.07, 6.45) is 0.944. The number of hydrogen-bond donors (Lipinski definition) is 1. The first kappa shape index (κ1) is 18.7. The van der Waals surface area contributed by atoms with Crippen LogP contribution in [0.3, 0.4) is 0 Å². The minimum Gasteiger partial charge on any atom is -0.508 e. The molecule has 0 radical (unpaired) electrons. The molecule has 1 N–H and O–H groups in total.